The number of carbonyl (C=O) groups is 1. The quantitative estimate of drug-likeness (QED) is 0.227. The van der Waals surface area contributed by atoms with Gasteiger partial charge in [0.05, 0.1) is 38.5 Å². The van der Waals surface area contributed by atoms with Gasteiger partial charge in [-0.15, -0.1) is 0 Å². The summed E-state index contributed by atoms with van der Waals surface area (Å²) in [5.74, 6) is 1.21. The van der Waals surface area contributed by atoms with Crippen LogP contribution in [0.2, 0.25) is 0 Å². The summed E-state index contributed by atoms with van der Waals surface area (Å²) in [6, 6.07) is 35.7. The smallest absolute Gasteiger partial charge is 0.338 e. The van der Waals surface area contributed by atoms with E-state index in [1.165, 1.54) is 0 Å². The summed E-state index contributed by atoms with van der Waals surface area (Å²) in [6.07, 6.45) is 0.566. The Hall–Kier alpha value is -4.71. The Morgan fingerprint density at radius 3 is 1.88 bits per heavy atom. The molecule has 0 radical (unpaired) electrons. The Labute approximate surface area is 235 Å². The van der Waals surface area contributed by atoms with E-state index in [0.717, 1.165) is 39.7 Å². The highest BCUT2D eigenvalue weighted by Crippen LogP contribution is 2.48. The molecule has 1 heterocycles. The highest BCUT2D eigenvalue weighted by atomic mass is 16.5. The summed E-state index contributed by atoms with van der Waals surface area (Å²) >= 11 is 0. The molecule has 0 saturated heterocycles. The summed E-state index contributed by atoms with van der Waals surface area (Å²) < 4.78 is 16.6. The fourth-order valence-electron chi connectivity index (χ4n) is 5.29. The molecule has 6 heteroatoms. The number of carbonyl (C=O) groups excluding carboxylic acids is 1. The van der Waals surface area contributed by atoms with Crippen molar-refractivity contribution in [3.8, 4) is 11.5 Å². The van der Waals surface area contributed by atoms with Gasteiger partial charge in [0.25, 0.3) is 0 Å². The molecule has 5 rings (SSSR count). The molecule has 2 unspecified atom stereocenters. The maximum atomic E-state index is 13.8. The van der Waals surface area contributed by atoms with E-state index in [0.29, 0.717) is 12.0 Å². The molecule has 0 bridgehead atoms. The van der Waals surface area contributed by atoms with Crippen molar-refractivity contribution in [3.63, 3.8) is 0 Å². The van der Waals surface area contributed by atoms with Gasteiger partial charge in [0.1, 0.15) is 11.5 Å². The predicted octanol–water partition coefficient (Wildman–Crippen LogP) is 7.33. The van der Waals surface area contributed by atoms with Gasteiger partial charge in [-0.05, 0) is 66.6 Å². The lowest BCUT2D eigenvalue weighted by Crippen LogP contribution is -2.41. The van der Waals surface area contributed by atoms with Crippen LogP contribution in [0, 0.1) is 0 Å². The average molecular weight is 535 g/mol. The van der Waals surface area contributed by atoms with Gasteiger partial charge < -0.3 is 24.4 Å². The second-order valence-corrected chi connectivity index (χ2v) is 9.52. The molecule has 204 valence electrons. The Kier molecular flexibility index (Phi) is 8.35. The molecule has 0 fully saturated rings. The number of benzene rings is 4. The van der Waals surface area contributed by atoms with Crippen molar-refractivity contribution in [2.45, 2.75) is 25.4 Å². The number of hydrogen-bond acceptors (Lipinski definition) is 6. The minimum absolute atomic E-state index is 0.0928. The Bertz CT molecular complexity index is 1440. The van der Waals surface area contributed by atoms with Crippen LogP contribution in [-0.4, -0.2) is 26.8 Å². The highest BCUT2D eigenvalue weighted by molar-refractivity contribution is 5.93. The summed E-state index contributed by atoms with van der Waals surface area (Å²) in [7, 11) is 3.32. The molecular formula is C34H34N2O4. The fraction of sp³-hybridized carbons (Fsp3) is 0.206. The summed E-state index contributed by atoms with van der Waals surface area (Å²) in [5.41, 5.74) is 5.40. The van der Waals surface area contributed by atoms with Gasteiger partial charge in [0.2, 0.25) is 0 Å². The third-order valence-electron chi connectivity index (χ3n) is 7.16. The predicted molar refractivity (Wildman–Crippen MR) is 159 cm³/mol. The molecular weight excluding hydrogens is 500 g/mol. The van der Waals surface area contributed by atoms with Crippen molar-refractivity contribution in [1.29, 1.82) is 0 Å². The Morgan fingerprint density at radius 2 is 1.32 bits per heavy atom. The molecule has 6 nitrogen and oxygen atoms in total. The number of nitrogens with zero attached hydrogens (tertiary/aromatic N) is 1. The van der Waals surface area contributed by atoms with Crippen molar-refractivity contribution < 1.29 is 19.0 Å². The second-order valence-electron chi connectivity index (χ2n) is 9.52. The normalized spacial score (nSPS) is 16.8. The van der Waals surface area contributed by atoms with Gasteiger partial charge in [0, 0.05) is 23.5 Å². The van der Waals surface area contributed by atoms with Gasteiger partial charge in [-0.1, -0.05) is 60.7 Å². The first kappa shape index (κ1) is 26.9. The van der Waals surface area contributed by atoms with Crippen molar-refractivity contribution in [1.82, 2.24) is 0 Å². The van der Waals surface area contributed by atoms with E-state index in [2.05, 4.69) is 34.5 Å². The summed E-state index contributed by atoms with van der Waals surface area (Å²) in [6.45, 7) is 2.12. The van der Waals surface area contributed by atoms with E-state index in [9.17, 15) is 4.79 Å². The average Bonchev–Trinajstić information content (AvgIpc) is 3.01. The zero-order valence-electron chi connectivity index (χ0n) is 23.0. The zero-order chi connectivity index (χ0) is 27.9. The zero-order valence-corrected chi connectivity index (χ0v) is 23.0. The third-order valence-corrected chi connectivity index (χ3v) is 7.16. The Morgan fingerprint density at radius 1 is 0.775 bits per heavy atom. The molecule has 0 amide bonds. The van der Waals surface area contributed by atoms with Crippen molar-refractivity contribution in [2.24, 2.45) is 0 Å². The molecule has 1 N–H and O–H groups in total. The van der Waals surface area contributed by atoms with Crippen LogP contribution in [0.25, 0.3) is 0 Å². The molecule has 1 aliphatic heterocycles. The highest BCUT2D eigenvalue weighted by Gasteiger charge is 2.41. The van der Waals surface area contributed by atoms with Crippen molar-refractivity contribution in [3.05, 3.63) is 132 Å². The monoisotopic (exact) mass is 534 g/mol. The van der Waals surface area contributed by atoms with E-state index in [1.807, 2.05) is 91.9 Å². The maximum Gasteiger partial charge on any atom is 0.338 e. The molecule has 1 aliphatic rings. The van der Waals surface area contributed by atoms with Crippen LogP contribution < -0.4 is 19.7 Å². The van der Waals surface area contributed by atoms with E-state index < -0.39 is 6.04 Å². The topological polar surface area (TPSA) is 60.0 Å². The molecule has 0 saturated carbocycles. The van der Waals surface area contributed by atoms with Crippen LogP contribution in [0.5, 0.6) is 11.5 Å². The number of nitrogens with one attached hydrogen (secondary N) is 1. The summed E-state index contributed by atoms with van der Waals surface area (Å²) in [5, 5.41) is 3.59. The molecule has 0 spiro atoms. The minimum Gasteiger partial charge on any atom is -0.497 e. The van der Waals surface area contributed by atoms with Gasteiger partial charge in [-0.25, -0.2) is 4.79 Å². The van der Waals surface area contributed by atoms with E-state index in [4.69, 9.17) is 14.2 Å². The number of rotatable bonds is 9. The van der Waals surface area contributed by atoms with Crippen LogP contribution in [0.3, 0.4) is 0 Å². The van der Waals surface area contributed by atoms with Crippen LogP contribution >= 0.6 is 0 Å². The van der Waals surface area contributed by atoms with Crippen LogP contribution in [0.15, 0.2) is 120 Å². The minimum atomic E-state index is -0.431. The number of para-hydroxylation sites is 2. The van der Waals surface area contributed by atoms with Crippen molar-refractivity contribution >= 4 is 17.3 Å². The number of hydrogen-bond donors (Lipinski definition) is 1. The SMILES string of the molecule is CCOC(=O)C1=C(Nc2ccccc2)CC(c2ccc(OC)cc2)N(c2ccccc2)C1c1ccc(OC)cc1. The van der Waals surface area contributed by atoms with E-state index >= 15 is 0 Å². The van der Waals surface area contributed by atoms with Crippen LogP contribution in [0.1, 0.15) is 36.6 Å². The summed E-state index contributed by atoms with van der Waals surface area (Å²) in [4.78, 5) is 16.1. The van der Waals surface area contributed by atoms with E-state index in [-0.39, 0.29) is 18.6 Å². The van der Waals surface area contributed by atoms with E-state index in [1.54, 1.807) is 14.2 Å². The van der Waals surface area contributed by atoms with Gasteiger partial charge in [-0.2, -0.15) is 0 Å². The molecule has 40 heavy (non-hydrogen) atoms. The molecule has 0 aromatic heterocycles. The number of methoxy groups -OCH3 is 2. The molecule has 0 aliphatic carbocycles. The lowest BCUT2D eigenvalue weighted by atomic mass is 9.84. The largest absolute Gasteiger partial charge is 0.497 e. The van der Waals surface area contributed by atoms with Crippen LogP contribution in [0.4, 0.5) is 11.4 Å². The third kappa shape index (κ3) is 5.66. The second kappa shape index (κ2) is 12.4. The first-order valence-electron chi connectivity index (χ1n) is 13.5. The Balaban J connectivity index is 1.76. The molecule has 2 atom stereocenters. The van der Waals surface area contributed by atoms with Gasteiger partial charge in [0.15, 0.2) is 0 Å². The van der Waals surface area contributed by atoms with Crippen LogP contribution in [-0.2, 0) is 9.53 Å². The van der Waals surface area contributed by atoms with Gasteiger partial charge in [-0.3, -0.25) is 0 Å². The lowest BCUT2D eigenvalue weighted by Gasteiger charge is -2.46. The number of anilines is 2. The number of ether oxygens (including phenoxy) is 3. The lowest BCUT2D eigenvalue weighted by molar-refractivity contribution is -0.139. The van der Waals surface area contributed by atoms with Gasteiger partial charge >= 0.3 is 5.97 Å². The first-order valence-corrected chi connectivity index (χ1v) is 13.5. The standard InChI is InChI=1S/C34H34N2O4/c1-4-40-34(37)32-30(35-26-11-7-5-8-12-26)23-31(24-15-19-28(38-2)20-16-24)36(27-13-9-6-10-14-27)33(32)25-17-21-29(39-3)22-18-25/h5-22,31,33,35H,4,23H2,1-3H3. The molecule has 4 aromatic rings. The number of esters is 1. The first-order chi connectivity index (χ1) is 19.6. The maximum absolute atomic E-state index is 13.8. The van der Waals surface area contributed by atoms with Crippen molar-refractivity contribution in [2.75, 3.05) is 31.0 Å². The molecule has 4 aromatic carbocycles. The fourth-order valence-corrected chi connectivity index (χ4v) is 5.29.